The van der Waals surface area contributed by atoms with Gasteiger partial charge in [-0.05, 0) is 30.3 Å². The van der Waals surface area contributed by atoms with Crippen LogP contribution in [-0.2, 0) is 4.79 Å². The summed E-state index contributed by atoms with van der Waals surface area (Å²) in [6, 6.07) is 20.2. The van der Waals surface area contributed by atoms with Crippen LogP contribution in [0.25, 0.3) is 0 Å². The summed E-state index contributed by atoms with van der Waals surface area (Å²) in [5.74, 6) is 1.26. The third kappa shape index (κ3) is 2.89. The molecule has 0 unspecified atom stereocenters. The number of carbonyl (C=O) groups excluding carboxylic acids is 1. The molecule has 0 fully saturated rings. The number of fused-ring (bicyclic) bond motifs is 2. The molecule has 1 N–H and O–H groups in total. The van der Waals surface area contributed by atoms with Crippen molar-refractivity contribution in [2.45, 2.75) is 5.92 Å². The van der Waals surface area contributed by atoms with E-state index in [1.807, 2.05) is 48.5 Å². The highest BCUT2D eigenvalue weighted by Gasteiger charge is 2.32. The van der Waals surface area contributed by atoms with Crippen LogP contribution in [0.1, 0.15) is 17.0 Å². The number of anilines is 1. The number of carbonyl (C=O) groups is 1. The topological polar surface area (TPSA) is 47.6 Å². The van der Waals surface area contributed by atoms with Gasteiger partial charge in [0, 0.05) is 16.1 Å². The average molecular weight is 366 g/mol. The molecule has 3 aromatic rings. The standard InChI is InChI=1S/C21H16ClNO3/c1-25-19-11-10-13(22)12-16(19)23-21(24)20-14-6-2-4-8-17(14)26-18-9-5-3-7-15(18)20/h2-12,20H,1H3,(H,23,24). The number of methoxy groups -OCH3 is 1. The van der Waals surface area contributed by atoms with Gasteiger partial charge in [0.05, 0.1) is 18.7 Å². The molecular weight excluding hydrogens is 350 g/mol. The summed E-state index contributed by atoms with van der Waals surface area (Å²) in [4.78, 5) is 13.2. The molecule has 5 heteroatoms. The minimum atomic E-state index is -0.486. The Labute approximate surface area is 156 Å². The van der Waals surface area contributed by atoms with E-state index in [4.69, 9.17) is 21.1 Å². The fourth-order valence-electron chi connectivity index (χ4n) is 3.18. The molecule has 0 atom stereocenters. The van der Waals surface area contributed by atoms with E-state index in [0.717, 1.165) is 11.1 Å². The maximum atomic E-state index is 13.2. The van der Waals surface area contributed by atoms with E-state index in [2.05, 4.69) is 5.32 Å². The van der Waals surface area contributed by atoms with Crippen LogP contribution in [0.15, 0.2) is 66.7 Å². The molecule has 1 aliphatic rings. The Hall–Kier alpha value is -2.98. The Kier molecular flexibility index (Phi) is 4.27. The number of hydrogen-bond acceptors (Lipinski definition) is 3. The molecular formula is C21H16ClNO3. The normalized spacial score (nSPS) is 12.5. The van der Waals surface area contributed by atoms with Crippen molar-refractivity contribution in [3.05, 3.63) is 82.9 Å². The molecule has 0 radical (unpaired) electrons. The van der Waals surface area contributed by atoms with Crippen molar-refractivity contribution in [1.29, 1.82) is 0 Å². The van der Waals surface area contributed by atoms with Crippen LogP contribution in [0.3, 0.4) is 0 Å². The van der Waals surface area contributed by atoms with E-state index in [-0.39, 0.29) is 5.91 Å². The fourth-order valence-corrected chi connectivity index (χ4v) is 3.35. The van der Waals surface area contributed by atoms with Crippen molar-refractivity contribution in [2.75, 3.05) is 12.4 Å². The summed E-state index contributed by atoms with van der Waals surface area (Å²) >= 11 is 6.08. The summed E-state index contributed by atoms with van der Waals surface area (Å²) in [7, 11) is 1.55. The SMILES string of the molecule is COc1ccc(Cl)cc1NC(=O)C1c2ccccc2Oc2ccccc21. The Balaban J connectivity index is 1.76. The zero-order chi connectivity index (χ0) is 18.1. The highest BCUT2D eigenvalue weighted by Crippen LogP contribution is 2.44. The van der Waals surface area contributed by atoms with Gasteiger partial charge in [0.25, 0.3) is 0 Å². The Morgan fingerprint density at radius 3 is 2.23 bits per heavy atom. The van der Waals surface area contributed by atoms with Crippen LogP contribution < -0.4 is 14.8 Å². The molecule has 0 saturated carbocycles. The molecule has 1 amide bonds. The summed E-state index contributed by atoms with van der Waals surface area (Å²) in [5.41, 5.74) is 2.18. The van der Waals surface area contributed by atoms with Crippen LogP contribution in [0.5, 0.6) is 17.2 Å². The Morgan fingerprint density at radius 2 is 1.62 bits per heavy atom. The number of ether oxygens (including phenoxy) is 2. The zero-order valence-corrected chi connectivity index (χ0v) is 14.8. The van der Waals surface area contributed by atoms with Gasteiger partial charge in [0.15, 0.2) is 0 Å². The number of para-hydroxylation sites is 2. The van der Waals surface area contributed by atoms with Gasteiger partial charge in [0.1, 0.15) is 17.2 Å². The van der Waals surface area contributed by atoms with E-state index in [1.165, 1.54) is 0 Å². The third-order valence-corrected chi connectivity index (χ3v) is 4.60. The van der Waals surface area contributed by atoms with Crippen molar-refractivity contribution >= 4 is 23.2 Å². The summed E-state index contributed by atoms with van der Waals surface area (Å²) in [5, 5.41) is 3.47. The summed E-state index contributed by atoms with van der Waals surface area (Å²) in [6.45, 7) is 0. The van der Waals surface area contributed by atoms with E-state index in [9.17, 15) is 4.79 Å². The number of halogens is 1. The van der Waals surface area contributed by atoms with E-state index < -0.39 is 5.92 Å². The van der Waals surface area contributed by atoms with Gasteiger partial charge in [-0.2, -0.15) is 0 Å². The van der Waals surface area contributed by atoms with Crippen molar-refractivity contribution in [3.63, 3.8) is 0 Å². The lowest BCUT2D eigenvalue weighted by atomic mass is 9.87. The van der Waals surface area contributed by atoms with Gasteiger partial charge in [-0.15, -0.1) is 0 Å². The lowest BCUT2D eigenvalue weighted by molar-refractivity contribution is -0.116. The van der Waals surface area contributed by atoms with Gasteiger partial charge >= 0.3 is 0 Å². The largest absolute Gasteiger partial charge is 0.495 e. The van der Waals surface area contributed by atoms with Crippen LogP contribution in [0.2, 0.25) is 5.02 Å². The molecule has 1 heterocycles. The third-order valence-electron chi connectivity index (χ3n) is 4.36. The van der Waals surface area contributed by atoms with Crippen LogP contribution in [-0.4, -0.2) is 13.0 Å². The van der Waals surface area contributed by atoms with Gasteiger partial charge in [-0.3, -0.25) is 4.79 Å². The molecule has 0 aliphatic carbocycles. The molecule has 0 spiro atoms. The Morgan fingerprint density at radius 1 is 1.00 bits per heavy atom. The fraction of sp³-hybridized carbons (Fsp3) is 0.0952. The first-order valence-electron chi connectivity index (χ1n) is 8.17. The number of hydrogen-bond donors (Lipinski definition) is 1. The van der Waals surface area contributed by atoms with E-state index in [1.54, 1.807) is 25.3 Å². The number of benzene rings is 3. The van der Waals surface area contributed by atoms with Crippen molar-refractivity contribution in [2.24, 2.45) is 0 Å². The number of rotatable bonds is 3. The molecule has 130 valence electrons. The van der Waals surface area contributed by atoms with E-state index in [0.29, 0.717) is 28.0 Å². The predicted molar refractivity (Wildman–Crippen MR) is 101 cm³/mol. The molecule has 4 rings (SSSR count). The molecule has 0 aromatic heterocycles. The smallest absolute Gasteiger partial charge is 0.236 e. The van der Waals surface area contributed by atoms with Gasteiger partial charge in [-0.1, -0.05) is 48.0 Å². The Bertz CT molecular complexity index is 941. The summed E-state index contributed by atoms with van der Waals surface area (Å²) in [6.07, 6.45) is 0. The zero-order valence-electron chi connectivity index (χ0n) is 14.0. The van der Waals surface area contributed by atoms with Crippen LogP contribution >= 0.6 is 11.6 Å². The predicted octanol–water partition coefficient (Wildman–Crippen LogP) is 5.22. The van der Waals surface area contributed by atoms with Gasteiger partial charge < -0.3 is 14.8 Å². The summed E-state index contributed by atoms with van der Waals surface area (Å²) < 4.78 is 11.3. The lowest BCUT2D eigenvalue weighted by Crippen LogP contribution is -2.25. The number of nitrogens with one attached hydrogen (secondary N) is 1. The molecule has 0 bridgehead atoms. The highest BCUT2D eigenvalue weighted by molar-refractivity contribution is 6.31. The highest BCUT2D eigenvalue weighted by atomic mass is 35.5. The minimum absolute atomic E-state index is 0.172. The van der Waals surface area contributed by atoms with Crippen LogP contribution in [0.4, 0.5) is 5.69 Å². The van der Waals surface area contributed by atoms with E-state index >= 15 is 0 Å². The van der Waals surface area contributed by atoms with Gasteiger partial charge in [0.2, 0.25) is 5.91 Å². The maximum Gasteiger partial charge on any atom is 0.236 e. The van der Waals surface area contributed by atoms with Crippen molar-refractivity contribution in [1.82, 2.24) is 0 Å². The van der Waals surface area contributed by atoms with Crippen molar-refractivity contribution < 1.29 is 14.3 Å². The van der Waals surface area contributed by atoms with Gasteiger partial charge in [-0.25, -0.2) is 0 Å². The van der Waals surface area contributed by atoms with Crippen LogP contribution in [0, 0.1) is 0 Å². The first kappa shape index (κ1) is 16.5. The second-order valence-corrected chi connectivity index (χ2v) is 6.38. The molecule has 4 nitrogen and oxygen atoms in total. The first-order valence-corrected chi connectivity index (χ1v) is 8.55. The lowest BCUT2D eigenvalue weighted by Gasteiger charge is -2.27. The molecule has 1 aliphatic heterocycles. The second-order valence-electron chi connectivity index (χ2n) is 5.94. The first-order chi connectivity index (χ1) is 12.7. The molecule has 0 saturated heterocycles. The monoisotopic (exact) mass is 365 g/mol. The molecule has 3 aromatic carbocycles. The second kappa shape index (κ2) is 6.73. The number of amides is 1. The minimum Gasteiger partial charge on any atom is -0.495 e. The average Bonchev–Trinajstić information content (AvgIpc) is 2.66. The molecule has 26 heavy (non-hydrogen) atoms. The maximum absolute atomic E-state index is 13.2. The van der Waals surface area contributed by atoms with Crippen molar-refractivity contribution in [3.8, 4) is 17.2 Å². The quantitative estimate of drug-likeness (QED) is 0.691.